The zero-order valence-electron chi connectivity index (χ0n) is 12.1. The van der Waals surface area contributed by atoms with E-state index in [1.165, 1.54) is 18.4 Å². The maximum absolute atomic E-state index is 12.3. The van der Waals surface area contributed by atoms with Gasteiger partial charge in [0.25, 0.3) is 0 Å². The van der Waals surface area contributed by atoms with Gasteiger partial charge in [-0.25, -0.2) is 0 Å². The highest BCUT2D eigenvalue weighted by Crippen LogP contribution is 2.47. The van der Waals surface area contributed by atoms with Crippen LogP contribution in [0.3, 0.4) is 0 Å². The van der Waals surface area contributed by atoms with Gasteiger partial charge in [-0.1, -0.05) is 30.3 Å². The second-order valence-corrected chi connectivity index (χ2v) is 6.26. The second kappa shape index (κ2) is 5.96. The van der Waals surface area contributed by atoms with E-state index in [0.29, 0.717) is 11.8 Å². The fraction of sp³-hybridized carbons (Fsp3) is 0.588. The molecule has 2 fully saturated rings. The molecule has 1 aliphatic heterocycles. The molecule has 1 saturated carbocycles. The molecule has 3 heteroatoms. The minimum absolute atomic E-state index is 0.191. The van der Waals surface area contributed by atoms with Crippen molar-refractivity contribution in [2.75, 3.05) is 13.1 Å². The van der Waals surface area contributed by atoms with E-state index in [9.17, 15) is 4.79 Å². The Balaban J connectivity index is 1.51. The standard InChI is InChI=1S/C17H24N2O/c1-12(14-8-5-9-18-11-14)19-17(20)16-10-15(16)13-6-3-2-4-7-13/h2-4,6-7,12,14-16,18H,5,8-11H2,1H3,(H,19,20). The van der Waals surface area contributed by atoms with Gasteiger partial charge >= 0.3 is 0 Å². The summed E-state index contributed by atoms with van der Waals surface area (Å²) in [6.07, 6.45) is 3.45. The number of carbonyl (C=O) groups is 1. The SMILES string of the molecule is CC(NC(=O)C1CC1c1ccccc1)C1CCCNC1. The van der Waals surface area contributed by atoms with E-state index in [1.807, 2.05) is 6.07 Å². The number of hydrogen-bond donors (Lipinski definition) is 2. The van der Waals surface area contributed by atoms with Crippen molar-refractivity contribution < 1.29 is 4.79 Å². The Labute approximate surface area is 121 Å². The number of benzene rings is 1. The van der Waals surface area contributed by atoms with Gasteiger partial charge in [-0.15, -0.1) is 0 Å². The van der Waals surface area contributed by atoms with Gasteiger partial charge in [0.05, 0.1) is 0 Å². The highest BCUT2D eigenvalue weighted by molar-refractivity contribution is 5.83. The number of carbonyl (C=O) groups excluding carboxylic acids is 1. The first-order valence-corrected chi connectivity index (χ1v) is 7.81. The van der Waals surface area contributed by atoms with Crippen molar-refractivity contribution in [1.82, 2.24) is 10.6 Å². The summed E-state index contributed by atoms with van der Waals surface area (Å²) in [5.41, 5.74) is 1.31. The fourth-order valence-corrected chi connectivity index (χ4v) is 3.31. The van der Waals surface area contributed by atoms with E-state index >= 15 is 0 Å². The summed E-state index contributed by atoms with van der Waals surface area (Å²) in [5.74, 6) is 1.46. The Morgan fingerprint density at radius 1 is 1.35 bits per heavy atom. The Morgan fingerprint density at radius 2 is 2.15 bits per heavy atom. The average Bonchev–Trinajstić information content (AvgIpc) is 3.29. The first-order chi connectivity index (χ1) is 9.75. The Morgan fingerprint density at radius 3 is 2.85 bits per heavy atom. The molecule has 3 rings (SSSR count). The Bertz CT molecular complexity index is 453. The van der Waals surface area contributed by atoms with Crippen molar-refractivity contribution in [2.24, 2.45) is 11.8 Å². The van der Waals surface area contributed by atoms with Crippen LogP contribution < -0.4 is 10.6 Å². The van der Waals surface area contributed by atoms with E-state index in [1.54, 1.807) is 0 Å². The van der Waals surface area contributed by atoms with Crippen molar-refractivity contribution >= 4 is 5.91 Å². The maximum Gasteiger partial charge on any atom is 0.223 e. The first kappa shape index (κ1) is 13.6. The van der Waals surface area contributed by atoms with Gasteiger partial charge in [0.2, 0.25) is 5.91 Å². The first-order valence-electron chi connectivity index (χ1n) is 7.81. The van der Waals surface area contributed by atoms with Crippen molar-refractivity contribution in [2.45, 2.75) is 38.1 Å². The summed E-state index contributed by atoms with van der Waals surface area (Å²) >= 11 is 0. The second-order valence-electron chi connectivity index (χ2n) is 6.26. The van der Waals surface area contributed by atoms with Crippen LogP contribution in [-0.2, 0) is 4.79 Å². The zero-order chi connectivity index (χ0) is 13.9. The molecule has 1 aromatic carbocycles. The van der Waals surface area contributed by atoms with Crippen LogP contribution >= 0.6 is 0 Å². The molecule has 0 spiro atoms. The third-order valence-corrected chi connectivity index (χ3v) is 4.77. The van der Waals surface area contributed by atoms with Gasteiger partial charge in [-0.05, 0) is 56.7 Å². The van der Waals surface area contributed by atoms with E-state index in [2.05, 4.69) is 41.8 Å². The molecule has 1 aliphatic carbocycles. The number of rotatable bonds is 4. The number of nitrogens with one attached hydrogen (secondary N) is 2. The van der Waals surface area contributed by atoms with Crippen molar-refractivity contribution in [3.05, 3.63) is 35.9 Å². The molecule has 4 unspecified atom stereocenters. The average molecular weight is 272 g/mol. The molecule has 3 nitrogen and oxygen atoms in total. The smallest absolute Gasteiger partial charge is 0.223 e. The molecular formula is C17H24N2O. The van der Waals surface area contributed by atoms with Gasteiger partial charge in [0, 0.05) is 12.0 Å². The Hall–Kier alpha value is -1.35. The summed E-state index contributed by atoms with van der Waals surface area (Å²) in [4.78, 5) is 12.3. The van der Waals surface area contributed by atoms with E-state index < -0.39 is 0 Å². The molecule has 1 amide bonds. The molecule has 0 aromatic heterocycles. The summed E-state index contributed by atoms with van der Waals surface area (Å²) in [6.45, 7) is 4.31. The van der Waals surface area contributed by atoms with E-state index in [4.69, 9.17) is 0 Å². The van der Waals surface area contributed by atoms with Crippen LogP contribution in [0.15, 0.2) is 30.3 Å². The van der Waals surface area contributed by atoms with Crippen LogP contribution in [0.5, 0.6) is 0 Å². The summed E-state index contributed by atoms with van der Waals surface area (Å²) in [6, 6.07) is 10.7. The molecule has 1 heterocycles. The summed E-state index contributed by atoms with van der Waals surface area (Å²) in [7, 11) is 0. The highest BCUT2D eigenvalue weighted by Gasteiger charge is 2.44. The monoisotopic (exact) mass is 272 g/mol. The van der Waals surface area contributed by atoms with Gasteiger partial charge in [0.15, 0.2) is 0 Å². The van der Waals surface area contributed by atoms with Crippen LogP contribution in [0, 0.1) is 11.8 Å². The van der Waals surface area contributed by atoms with Crippen LogP contribution in [0.25, 0.3) is 0 Å². The lowest BCUT2D eigenvalue weighted by Crippen LogP contribution is -2.45. The minimum Gasteiger partial charge on any atom is -0.353 e. The lowest BCUT2D eigenvalue weighted by molar-refractivity contribution is -0.123. The topological polar surface area (TPSA) is 41.1 Å². The highest BCUT2D eigenvalue weighted by atomic mass is 16.2. The van der Waals surface area contributed by atoms with Gasteiger partial charge in [-0.2, -0.15) is 0 Å². The summed E-state index contributed by atoms with van der Waals surface area (Å²) in [5, 5.41) is 6.65. The van der Waals surface area contributed by atoms with E-state index in [-0.39, 0.29) is 17.9 Å². The lowest BCUT2D eigenvalue weighted by Gasteiger charge is -2.29. The lowest BCUT2D eigenvalue weighted by atomic mass is 9.92. The largest absolute Gasteiger partial charge is 0.353 e. The van der Waals surface area contributed by atoms with Crippen LogP contribution in [0.1, 0.15) is 37.7 Å². The molecule has 0 radical (unpaired) electrons. The van der Waals surface area contributed by atoms with Crippen LogP contribution in [0.4, 0.5) is 0 Å². The van der Waals surface area contributed by atoms with Crippen LogP contribution in [-0.4, -0.2) is 25.0 Å². The molecule has 108 valence electrons. The van der Waals surface area contributed by atoms with Crippen LogP contribution in [0.2, 0.25) is 0 Å². The molecule has 2 N–H and O–H groups in total. The molecule has 4 atom stereocenters. The van der Waals surface area contributed by atoms with E-state index in [0.717, 1.165) is 19.5 Å². The fourth-order valence-electron chi connectivity index (χ4n) is 3.31. The van der Waals surface area contributed by atoms with Crippen molar-refractivity contribution in [1.29, 1.82) is 0 Å². The number of piperidine rings is 1. The molecule has 0 bridgehead atoms. The van der Waals surface area contributed by atoms with Gasteiger partial charge in [0.1, 0.15) is 0 Å². The minimum atomic E-state index is 0.191. The number of hydrogen-bond acceptors (Lipinski definition) is 2. The third-order valence-electron chi connectivity index (χ3n) is 4.77. The zero-order valence-corrected chi connectivity index (χ0v) is 12.1. The third kappa shape index (κ3) is 3.04. The predicted molar refractivity (Wildman–Crippen MR) is 80.5 cm³/mol. The van der Waals surface area contributed by atoms with Gasteiger partial charge in [-0.3, -0.25) is 4.79 Å². The predicted octanol–water partition coefficient (Wildman–Crippen LogP) is 2.29. The van der Waals surface area contributed by atoms with Crippen molar-refractivity contribution in [3.8, 4) is 0 Å². The quantitative estimate of drug-likeness (QED) is 0.883. The molecule has 20 heavy (non-hydrogen) atoms. The molecule has 1 aromatic rings. The molecule has 1 saturated heterocycles. The molecule has 2 aliphatic rings. The molecular weight excluding hydrogens is 248 g/mol. The summed E-state index contributed by atoms with van der Waals surface area (Å²) < 4.78 is 0. The maximum atomic E-state index is 12.3. The van der Waals surface area contributed by atoms with Gasteiger partial charge < -0.3 is 10.6 Å². The normalized spacial score (nSPS) is 30.6. The number of amides is 1. The Kier molecular flexibility index (Phi) is 4.06. The van der Waals surface area contributed by atoms with Crippen molar-refractivity contribution in [3.63, 3.8) is 0 Å².